The van der Waals surface area contributed by atoms with Gasteiger partial charge in [-0.15, -0.1) is 0 Å². The largest absolute Gasteiger partial charge is 0.384 e. The Hall–Kier alpha value is -0.820. The molecule has 1 atom stereocenters. The van der Waals surface area contributed by atoms with Crippen LogP contribution in [0.4, 0.5) is 0 Å². The minimum atomic E-state index is 0.552. The first-order valence-corrected chi connectivity index (χ1v) is 5.42. The quantitative estimate of drug-likeness (QED) is 0.707. The predicted octanol–water partition coefficient (Wildman–Crippen LogP) is 3.85. The van der Waals surface area contributed by atoms with Crippen LogP contribution in [-0.2, 0) is 4.74 Å². The molecule has 1 nitrogen and oxygen atoms in total. The molecule has 0 bridgehead atoms. The van der Waals surface area contributed by atoms with Crippen LogP contribution in [0.15, 0.2) is 30.3 Å². The highest BCUT2D eigenvalue weighted by atomic mass is 16.5. The van der Waals surface area contributed by atoms with E-state index in [0.29, 0.717) is 5.92 Å². The number of ether oxygens (including phenoxy) is 1. The first-order valence-electron chi connectivity index (χ1n) is 5.42. The van der Waals surface area contributed by atoms with Gasteiger partial charge in [0.15, 0.2) is 0 Å². The summed E-state index contributed by atoms with van der Waals surface area (Å²) in [5.41, 5.74) is 1.38. The summed E-state index contributed by atoms with van der Waals surface area (Å²) in [7, 11) is 1.76. The van der Waals surface area contributed by atoms with Crippen LogP contribution in [0.2, 0.25) is 0 Å². The smallest absolute Gasteiger partial charge is 0.0530 e. The van der Waals surface area contributed by atoms with Crippen LogP contribution < -0.4 is 0 Å². The Bertz CT molecular complexity index is 206. The minimum absolute atomic E-state index is 0.552. The van der Waals surface area contributed by atoms with E-state index in [2.05, 4.69) is 31.2 Å². The Morgan fingerprint density at radius 1 is 1.14 bits per heavy atom. The molecular formula is C13H22O. The summed E-state index contributed by atoms with van der Waals surface area (Å²) in [6, 6.07) is 10.5. The Balaban J connectivity index is 0.000000791. The second-order valence-electron chi connectivity index (χ2n) is 2.97. The predicted molar refractivity (Wildman–Crippen MR) is 62.7 cm³/mol. The lowest BCUT2D eigenvalue weighted by Crippen LogP contribution is -2.04. The number of benzene rings is 1. The van der Waals surface area contributed by atoms with E-state index < -0.39 is 0 Å². The van der Waals surface area contributed by atoms with Gasteiger partial charge in [0.1, 0.15) is 0 Å². The van der Waals surface area contributed by atoms with Crippen LogP contribution in [0.3, 0.4) is 0 Å². The minimum Gasteiger partial charge on any atom is -0.384 e. The normalized spacial score (nSPS) is 11.4. The Labute approximate surface area is 88.1 Å². The van der Waals surface area contributed by atoms with Crippen LogP contribution in [0.5, 0.6) is 0 Å². The Kier molecular flexibility index (Phi) is 8.25. The number of methoxy groups -OCH3 is 1. The molecule has 0 aliphatic rings. The summed E-state index contributed by atoms with van der Waals surface area (Å²) in [5, 5.41) is 0. The summed E-state index contributed by atoms with van der Waals surface area (Å²) in [4.78, 5) is 0. The van der Waals surface area contributed by atoms with E-state index in [-0.39, 0.29) is 0 Å². The maximum atomic E-state index is 5.15. The SMILES string of the molecule is CC.CCC(COC)c1ccccc1. The van der Waals surface area contributed by atoms with Gasteiger partial charge in [0.05, 0.1) is 6.61 Å². The lowest BCUT2D eigenvalue weighted by atomic mass is 9.98. The molecule has 0 aliphatic carbocycles. The van der Waals surface area contributed by atoms with Crippen molar-refractivity contribution in [3.63, 3.8) is 0 Å². The molecule has 0 N–H and O–H groups in total. The summed E-state index contributed by atoms with van der Waals surface area (Å²) in [5.74, 6) is 0.552. The highest BCUT2D eigenvalue weighted by molar-refractivity contribution is 5.19. The van der Waals surface area contributed by atoms with Crippen molar-refractivity contribution in [2.75, 3.05) is 13.7 Å². The topological polar surface area (TPSA) is 9.23 Å². The van der Waals surface area contributed by atoms with Crippen molar-refractivity contribution in [1.82, 2.24) is 0 Å². The molecule has 0 amide bonds. The molecule has 1 unspecified atom stereocenters. The Morgan fingerprint density at radius 3 is 2.14 bits per heavy atom. The third-order valence-corrected chi connectivity index (χ3v) is 2.13. The van der Waals surface area contributed by atoms with E-state index in [1.807, 2.05) is 19.9 Å². The second-order valence-corrected chi connectivity index (χ2v) is 2.97. The Morgan fingerprint density at radius 2 is 1.71 bits per heavy atom. The van der Waals surface area contributed by atoms with Crippen molar-refractivity contribution >= 4 is 0 Å². The molecule has 0 aliphatic heterocycles. The lowest BCUT2D eigenvalue weighted by Gasteiger charge is -2.13. The fraction of sp³-hybridized carbons (Fsp3) is 0.538. The van der Waals surface area contributed by atoms with Crippen molar-refractivity contribution in [3.05, 3.63) is 35.9 Å². The van der Waals surface area contributed by atoms with Crippen LogP contribution >= 0.6 is 0 Å². The van der Waals surface area contributed by atoms with Crippen molar-refractivity contribution in [3.8, 4) is 0 Å². The maximum Gasteiger partial charge on any atom is 0.0530 e. The lowest BCUT2D eigenvalue weighted by molar-refractivity contribution is 0.177. The molecule has 1 rings (SSSR count). The molecule has 0 spiro atoms. The summed E-state index contributed by atoms with van der Waals surface area (Å²) in [6.45, 7) is 7.01. The van der Waals surface area contributed by atoms with Gasteiger partial charge >= 0.3 is 0 Å². The van der Waals surface area contributed by atoms with Crippen LogP contribution in [0.25, 0.3) is 0 Å². The monoisotopic (exact) mass is 194 g/mol. The van der Waals surface area contributed by atoms with Gasteiger partial charge in [-0.2, -0.15) is 0 Å². The fourth-order valence-electron chi connectivity index (χ4n) is 1.38. The van der Waals surface area contributed by atoms with Gasteiger partial charge in [-0.05, 0) is 12.0 Å². The molecular weight excluding hydrogens is 172 g/mol. The van der Waals surface area contributed by atoms with E-state index in [4.69, 9.17) is 4.74 Å². The summed E-state index contributed by atoms with van der Waals surface area (Å²) < 4.78 is 5.15. The third-order valence-electron chi connectivity index (χ3n) is 2.13. The molecule has 80 valence electrons. The van der Waals surface area contributed by atoms with Crippen molar-refractivity contribution in [2.45, 2.75) is 33.1 Å². The molecule has 0 heterocycles. The highest BCUT2D eigenvalue weighted by Gasteiger charge is 2.06. The summed E-state index contributed by atoms with van der Waals surface area (Å²) in [6.07, 6.45) is 1.14. The van der Waals surface area contributed by atoms with E-state index in [1.54, 1.807) is 7.11 Å². The van der Waals surface area contributed by atoms with Gasteiger partial charge in [0, 0.05) is 13.0 Å². The molecule has 0 fully saturated rings. The van der Waals surface area contributed by atoms with E-state index in [0.717, 1.165) is 13.0 Å². The number of hydrogen-bond acceptors (Lipinski definition) is 1. The molecule has 0 aromatic heterocycles. The zero-order valence-electron chi connectivity index (χ0n) is 9.79. The first kappa shape index (κ1) is 13.2. The standard InChI is InChI=1S/C11H16O.C2H6/c1-3-10(9-12-2)11-7-5-4-6-8-11;1-2/h4-8,10H,3,9H2,1-2H3;1-2H3. The number of rotatable bonds is 4. The van der Waals surface area contributed by atoms with Gasteiger partial charge in [-0.25, -0.2) is 0 Å². The van der Waals surface area contributed by atoms with Crippen LogP contribution in [-0.4, -0.2) is 13.7 Å². The van der Waals surface area contributed by atoms with Gasteiger partial charge < -0.3 is 4.74 Å². The third kappa shape index (κ3) is 4.43. The summed E-state index contributed by atoms with van der Waals surface area (Å²) >= 11 is 0. The number of hydrogen-bond donors (Lipinski definition) is 0. The molecule has 1 aromatic rings. The zero-order valence-corrected chi connectivity index (χ0v) is 9.79. The van der Waals surface area contributed by atoms with E-state index in [9.17, 15) is 0 Å². The molecule has 0 saturated carbocycles. The average molecular weight is 194 g/mol. The van der Waals surface area contributed by atoms with Gasteiger partial charge in [-0.1, -0.05) is 51.1 Å². The second kappa shape index (κ2) is 8.76. The van der Waals surface area contributed by atoms with Crippen LogP contribution in [0.1, 0.15) is 38.7 Å². The molecule has 1 aromatic carbocycles. The molecule has 0 radical (unpaired) electrons. The van der Waals surface area contributed by atoms with Gasteiger partial charge in [0.2, 0.25) is 0 Å². The average Bonchev–Trinajstić information content (AvgIpc) is 2.30. The van der Waals surface area contributed by atoms with E-state index in [1.165, 1.54) is 5.56 Å². The molecule has 0 saturated heterocycles. The van der Waals surface area contributed by atoms with Crippen molar-refractivity contribution in [1.29, 1.82) is 0 Å². The van der Waals surface area contributed by atoms with E-state index >= 15 is 0 Å². The maximum absolute atomic E-state index is 5.15. The zero-order chi connectivity index (χ0) is 10.8. The van der Waals surface area contributed by atoms with Gasteiger partial charge in [0.25, 0.3) is 0 Å². The molecule has 14 heavy (non-hydrogen) atoms. The highest BCUT2D eigenvalue weighted by Crippen LogP contribution is 2.18. The van der Waals surface area contributed by atoms with Crippen LogP contribution in [0, 0.1) is 0 Å². The van der Waals surface area contributed by atoms with Crippen molar-refractivity contribution < 1.29 is 4.74 Å². The first-order chi connectivity index (χ1) is 6.88. The molecule has 1 heteroatoms. The van der Waals surface area contributed by atoms with Crippen molar-refractivity contribution in [2.24, 2.45) is 0 Å². The fourth-order valence-corrected chi connectivity index (χ4v) is 1.38. The van der Waals surface area contributed by atoms with Gasteiger partial charge in [-0.3, -0.25) is 0 Å².